The van der Waals surface area contributed by atoms with E-state index in [9.17, 15) is 9.59 Å². The highest BCUT2D eigenvalue weighted by molar-refractivity contribution is 5.94. The molecule has 0 saturated carbocycles. The Morgan fingerprint density at radius 3 is 2.28 bits per heavy atom. The van der Waals surface area contributed by atoms with E-state index in [0.29, 0.717) is 11.1 Å². The Morgan fingerprint density at radius 1 is 1.11 bits per heavy atom. The van der Waals surface area contributed by atoms with Gasteiger partial charge in [-0.15, -0.1) is 0 Å². The Labute approximate surface area is 106 Å². The quantitative estimate of drug-likeness (QED) is 0.884. The molecule has 0 bridgehead atoms. The molecule has 0 aromatic heterocycles. The molecule has 0 atom stereocenters. The summed E-state index contributed by atoms with van der Waals surface area (Å²) in [5, 5.41) is 8.67. The maximum atomic E-state index is 12.1. The number of aliphatic carboxylic acids is 1. The van der Waals surface area contributed by atoms with Crippen LogP contribution in [0.2, 0.25) is 0 Å². The first-order valence-electron chi connectivity index (χ1n) is 6.08. The van der Waals surface area contributed by atoms with E-state index in [1.807, 2.05) is 4.90 Å². The summed E-state index contributed by atoms with van der Waals surface area (Å²) in [7, 11) is 0. The molecule has 1 aromatic rings. The number of hydrogen-bond acceptors (Lipinski definition) is 2. The Kier molecular flexibility index (Phi) is 3.97. The van der Waals surface area contributed by atoms with Gasteiger partial charge in [0.05, 0.1) is 6.42 Å². The normalized spacial score (nSPS) is 15.4. The SMILES string of the molecule is O=C(O)Cc1ccc(C(=O)N2CC[CH]CC2)cc1. The summed E-state index contributed by atoms with van der Waals surface area (Å²) in [6.07, 6.45) is 4.08. The van der Waals surface area contributed by atoms with Crippen LogP contribution in [-0.2, 0) is 11.2 Å². The largest absolute Gasteiger partial charge is 0.481 e. The van der Waals surface area contributed by atoms with E-state index in [0.717, 1.165) is 25.9 Å². The van der Waals surface area contributed by atoms with Crippen molar-refractivity contribution in [3.63, 3.8) is 0 Å². The first kappa shape index (κ1) is 12.6. The number of likely N-dealkylation sites (tertiary alicyclic amines) is 1. The van der Waals surface area contributed by atoms with Crippen molar-refractivity contribution >= 4 is 11.9 Å². The predicted molar refractivity (Wildman–Crippen MR) is 67.2 cm³/mol. The van der Waals surface area contributed by atoms with Crippen molar-refractivity contribution in [2.45, 2.75) is 19.3 Å². The lowest BCUT2D eigenvalue weighted by atomic mass is 10.1. The summed E-state index contributed by atoms with van der Waals surface area (Å²) in [6.45, 7) is 1.55. The van der Waals surface area contributed by atoms with Crippen molar-refractivity contribution in [2.75, 3.05) is 13.1 Å². The molecular weight excluding hydrogens is 230 g/mol. The molecule has 1 fully saturated rings. The summed E-state index contributed by atoms with van der Waals surface area (Å²) >= 11 is 0. The molecule has 0 unspecified atom stereocenters. The van der Waals surface area contributed by atoms with Crippen molar-refractivity contribution in [3.05, 3.63) is 41.8 Å². The molecule has 1 N–H and O–H groups in total. The number of carboxylic acid groups (broad SMARTS) is 1. The fourth-order valence-corrected chi connectivity index (χ4v) is 2.08. The second-order valence-electron chi connectivity index (χ2n) is 4.43. The predicted octanol–water partition coefficient (Wildman–Crippen LogP) is 1.75. The number of hydrogen-bond donors (Lipinski definition) is 1. The third kappa shape index (κ3) is 3.09. The van der Waals surface area contributed by atoms with E-state index >= 15 is 0 Å². The van der Waals surface area contributed by atoms with E-state index in [4.69, 9.17) is 5.11 Å². The Balaban J connectivity index is 2.04. The van der Waals surface area contributed by atoms with Crippen LogP contribution in [0.3, 0.4) is 0 Å². The second-order valence-corrected chi connectivity index (χ2v) is 4.43. The average molecular weight is 246 g/mol. The lowest BCUT2D eigenvalue weighted by Crippen LogP contribution is -2.35. The third-order valence-corrected chi connectivity index (χ3v) is 3.05. The van der Waals surface area contributed by atoms with Gasteiger partial charge in [-0.25, -0.2) is 0 Å². The summed E-state index contributed by atoms with van der Waals surface area (Å²) in [6, 6.07) is 6.83. The van der Waals surface area contributed by atoms with E-state index in [2.05, 4.69) is 6.42 Å². The van der Waals surface area contributed by atoms with Gasteiger partial charge in [-0.3, -0.25) is 9.59 Å². The standard InChI is InChI=1S/C14H16NO3/c16-13(17)10-11-4-6-12(7-5-11)14(18)15-8-2-1-3-9-15/h1,4-7H,2-3,8-10H2,(H,16,17). The highest BCUT2D eigenvalue weighted by Crippen LogP contribution is 2.13. The fraction of sp³-hybridized carbons (Fsp3) is 0.357. The Morgan fingerprint density at radius 2 is 1.72 bits per heavy atom. The van der Waals surface area contributed by atoms with Crippen LogP contribution >= 0.6 is 0 Å². The fourth-order valence-electron chi connectivity index (χ4n) is 2.08. The van der Waals surface area contributed by atoms with Gasteiger partial charge in [-0.1, -0.05) is 12.1 Å². The van der Waals surface area contributed by atoms with Crippen molar-refractivity contribution in [1.82, 2.24) is 4.90 Å². The lowest BCUT2D eigenvalue weighted by Gasteiger charge is -2.26. The molecule has 1 saturated heterocycles. The van der Waals surface area contributed by atoms with E-state index < -0.39 is 5.97 Å². The van der Waals surface area contributed by atoms with Gasteiger partial charge in [0.1, 0.15) is 0 Å². The van der Waals surface area contributed by atoms with Gasteiger partial charge in [0.15, 0.2) is 0 Å². The summed E-state index contributed by atoms with van der Waals surface area (Å²) in [4.78, 5) is 24.5. The zero-order valence-electron chi connectivity index (χ0n) is 10.1. The van der Waals surface area contributed by atoms with Crippen molar-refractivity contribution < 1.29 is 14.7 Å². The summed E-state index contributed by atoms with van der Waals surface area (Å²) in [5.74, 6) is -0.828. The number of carbonyl (C=O) groups is 2. The topological polar surface area (TPSA) is 57.6 Å². The van der Waals surface area contributed by atoms with Gasteiger partial charge >= 0.3 is 5.97 Å². The first-order chi connectivity index (χ1) is 8.66. The molecule has 4 heteroatoms. The van der Waals surface area contributed by atoms with Gasteiger partial charge in [-0.2, -0.15) is 0 Å². The average Bonchev–Trinajstić information content (AvgIpc) is 2.39. The Hall–Kier alpha value is -1.84. The van der Waals surface area contributed by atoms with Crippen molar-refractivity contribution in [3.8, 4) is 0 Å². The molecule has 95 valence electrons. The monoisotopic (exact) mass is 246 g/mol. The first-order valence-corrected chi connectivity index (χ1v) is 6.08. The van der Waals surface area contributed by atoms with Crippen LogP contribution < -0.4 is 0 Å². The van der Waals surface area contributed by atoms with Gasteiger partial charge in [0, 0.05) is 18.7 Å². The van der Waals surface area contributed by atoms with Gasteiger partial charge < -0.3 is 10.0 Å². The maximum Gasteiger partial charge on any atom is 0.307 e. The number of nitrogens with zero attached hydrogens (tertiary/aromatic N) is 1. The molecule has 1 aliphatic rings. The van der Waals surface area contributed by atoms with Gasteiger partial charge in [-0.05, 0) is 37.0 Å². The zero-order chi connectivity index (χ0) is 13.0. The van der Waals surface area contributed by atoms with Crippen LogP contribution in [0.15, 0.2) is 24.3 Å². The molecule has 18 heavy (non-hydrogen) atoms. The molecule has 1 heterocycles. The number of carboxylic acids is 1. The van der Waals surface area contributed by atoms with Crippen LogP contribution in [-0.4, -0.2) is 35.0 Å². The van der Waals surface area contributed by atoms with Crippen LogP contribution in [0.4, 0.5) is 0 Å². The van der Waals surface area contributed by atoms with E-state index in [1.54, 1.807) is 24.3 Å². The van der Waals surface area contributed by atoms with Gasteiger partial charge in [0.2, 0.25) is 0 Å². The number of piperidine rings is 1. The molecular formula is C14H16NO3. The minimum absolute atomic E-state index is 0.00680. The molecule has 2 rings (SSSR count). The van der Waals surface area contributed by atoms with Crippen molar-refractivity contribution in [2.24, 2.45) is 0 Å². The van der Waals surface area contributed by atoms with Gasteiger partial charge in [0.25, 0.3) is 5.91 Å². The van der Waals surface area contributed by atoms with Crippen LogP contribution in [0.25, 0.3) is 0 Å². The number of rotatable bonds is 3. The highest BCUT2D eigenvalue weighted by atomic mass is 16.4. The molecule has 0 aliphatic carbocycles. The van der Waals surface area contributed by atoms with E-state index in [-0.39, 0.29) is 12.3 Å². The molecule has 1 radical (unpaired) electrons. The van der Waals surface area contributed by atoms with Crippen LogP contribution in [0, 0.1) is 6.42 Å². The lowest BCUT2D eigenvalue weighted by molar-refractivity contribution is -0.136. The molecule has 1 aromatic carbocycles. The zero-order valence-corrected chi connectivity index (χ0v) is 10.1. The van der Waals surface area contributed by atoms with Crippen LogP contribution in [0.1, 0.15) is 28.8 Å². The van der Waals surface area contributed by atoms with Crippen LogP contribution in [0.5, 0.6) is 0 Å². The number of benzene rings is 1. The Bertz CT molecular complexity index is 433. The minimum atomic E-state index is -0.861. The van der Waals surface area contributed by atoms with Crippen molar-refractivity contribution in [1.29, 1.82) is 0 Å². The molecule has 1 aliphatic heterocycles. The number of carbonyl (C=O) groups excluding carboxylic acids is 1. The minimum Gasteiger partial charge on any atom is -0.481 e. The molecule has 4 nitrogen and oxygen atoms in total. The maximum absolute atomic E-state index is 12.1. The third-order valence-electron chi connectivity index (χ3n) is 3.05. The molecule has 1 amide bonds. The second kappa shape index (κ2) is 5.67. The summed E-state index contributed by atoms with van der Waals surface area (Å²) in [5.41, 5.74) is 1.34. The molecule has 0 spiro atoms. The summed E-state index contributed by atoms with van der Waals surface area (Å²) < 4.78 is 0. The smallest absolute Gasteiger partial charge is 0.307 e. The number of amides is 1. The highest BCUT2D eigenvalue weighted by Gasteiger charge is 2.17. The van der Waals surface area contributed by atoms with E-state index in [1.165, 1.54) is 0 Å².